The summed E-state index contributed by atoms with van der Waals surface area (Å²) in [5, 5.41) is 2.74. The molecule has 0 spiro atoms. The fourth-order valence-electron chi connectivity index (χ4n) is 3.68. The van der Waals surface area contributed by atoms with Crippen LogP contribution in [0.25, 0.3) is 21.9 Å². The van der Waals surface area contributed by atoms with Gasteiger partial charge in [-0.15, -0.1) is 0 Å². The minimum Gasteiger partial charge on any atom is -0.0622 e. The molecule has 104 valence electrons. The molecule has 0 atom stereocenters. The van der Waals surface area contributed by atoms with Crippen molar-refractivity contribution in [1.82, 2.24) is 0 Å². The lowest BCUT2D eigenvalue weighted by Crippen LogP contribution is -1.92. The first-order valence-electron chi connectivity index (χ1n) is 8.00. The summed E-state index contributed by atoms with van der Waals surface area (Å²) in [6.45, 7) is 0. The Morgan fingerprint density at radius 1 is 0.714 bits per heavy atom. The highest BCUT2D eigenvalue weighted by molar-refractivity contribution is 5.97. The number of hydrogen-bond acceptors (Lipinski definition) is 0. The van der Waals surface area contributed by atoms with Gasteiger partial charge in [-0.1, -0.05) is 79.6 Å². The molecular formula is C21H20. The van der Waals surface area contributed by atoms with Gasteiger partial charge >= 0.3 is 0 Å². The summed E-state index contributed by atoms with van der Waals surface area (Å²) in [5.74, 6) is 0.787. The lowest BCUT2D eigenvalue weighted by molar-refractivity contribution is 0.724. The third-order valence-electron chi connectivity index (χ3n) is 4.82. The van der Waals surface area contributed by atoms with Gasteiger partial charge in [0.05, 0.1) is 0 Å². The van der Waals surface area contributed by atoms with E-state index in [1.165, 1.54) is 53.1 Å². The summed E-state index contributed by atoms with van der Waals surface area (Å²) in [6.07, 6.45) is 5.52. The molecular weight excluding hydrogens is 252 g/mol. The molecule has 21 heavy (non-hydrogen) atoms. The molecule has 0 unspecified atom stereocenters. The monoisotopic (exact) mass is 272 g/mol. The van der Waals surface area contributed by atoms with Crippen molar-refractivity contribution in [2.45, 2.75) is 31.6 Å². The molecule has 0 radical (unpaired) electrons. The quantitative estimate of drug-likeness (QED) is 0.523. The van der Waals surface area contributed by atoms with Gasteiger partial charge in [0, 0.05) is 0 Å². The average Bonchev–Trinajstić information content (AvgIpc) is 3.09. The van der Waals surface area contributed by atoms with E-state index in [4.69, 9.17) is 0 Å². The van der Waals surface area contributed by atoms with E-state index in [2.05, 4.69) is 66.7 Å². The van der Waals surface area contributed by atoms with Crippen LogP contribution in [0.2, 0.25) is 0 Å². The van der Waals surface area contributed by atoms with E-state index in [1.54, 1.807) is 0 Å². The fraction of sp³-hybridized carbons (Fsp3) is 0.238. The van der Waals surface area contributed by atoms with E-state index in [0.717, 1.165) is 5.92 Å². The Morgan fingerprint density at radius 3 is 2.33 bits per heavy atom. The SMILES string of the molecule is c1ccc(-c2cccc3cc(C4CCCC4)ccc23)cc1. The van der Waals surface area contributed by atoms with E-state index in [-0.39, 0.29) is 0 Å². The van der Waals surface area contributed by atoms with Crippen molar-refractivity contribution in [3.63, 3.8) is 0 Å². The lowest BCUT2D eigenvalue weighted by atomic mass is 9.92. The van der Waals surface area contributed by atoms with Gasteiger partial charge in [0.25, 0.3) is 0 Å². The Kier molecular flexibility index (Phi) is 3.23. The van der Waals surface area contributed by atoms with Crippen LogP contribution in [-0.4, -0.2) is 0 Å². The van der Waals surface area contributed by atoms with Gasteiger partial charge < -0.3 is 0 Å². The van der Waals surface area contributed by atoms with Crippen LogP contribution in [0.15, 0.2) is 66.7 Å². The molecule has 0 aromatic heterocycles. The minimum absolute atomic E-state index is 0.787. The Balaban J connectivity index is 1.83. The second-order valence-corrected chi connectivity index (χ2v) is 6.13. The molecule has 0 saturated heterocycles. The molecule has 0 amide bonds. The van der Waals surface area contributed by atoms with Crippen LogP contribution in [0.5, 0.6) is 0 Å². The Labute approximate surface area is 126 Å². The van der Waals surface area contributed by atoms with Gasteiger partial charge in [0.1, 0.15) is 0 Å². The first-order valence-corrected chi connectivity index (χ1v) is 8.00. The van der Waals surface area contributed by atoms with Crippen LogP contribution in [-0.2, 0) is 0 Å². The predicted molar refractivity (Wildman–Crippen MR) is 90.6 cm³/mol. The third-order valence-corrected chi connectivity index (χ3v) is 4.82. The van der Waals surface area contributed by atoms with Crippen LogP contribution >= 0.6 is 0 Å². The summed E-state index contributed by atoms with van der Waals surface area (Å²) < 4.78 is 0. The average molecular weight is 272 g/mol. The Bertz CT molecular complexity index is 749. The van der Waals surface area contributed by atoms with Crippen LogP contribution in [0.1, 0.15) is 37.2 Å². The molecule has 1 aliphatic rings. The smallest absolute Gasteiger partial charge is 0.0105 e. The van der Waals surface area contributed by atoms with Crippen LogP contribution in [0.3, 0.4) is 0 Å². The van der Waals surface area contributed by atoms with Gasteiger partial charge in [-0.2, -0.15) is 0 Å². The van der Waals surface area contributed by atoms with E-state index in [1.807, 2.05) is 0 Å². The zero-order valence-electron chi connectivity index (χ0n) is 12.3. The van der Waals surface area contributed by atoms with Crippen molar-refractivity contribution < 1.29 is 0 Å². The van der Waals surface area contributed by atoms with Gasteiger partial charge in [-0.3, -0.25) is 0 Å². The minimum atomic E-state index is 0.787. The predicted octanol–water partition coefficient (Wildman–Crippen LogP) is 6.16. The zero-order chi connectivity index (χ0) is 14.1. The molecule has 1 saturated carbocycles. The zero-order valence-corrected chi connectivity index (χ0v) is 12.3. The first kappa shape index (κ1) is 12.6. The van der Waals surface area contributed by atoms with Crippen LogP contribution in [0.4, 0.5) is 0 Å². The first-order chi connectivity index (χ1) is 10.4. The highest BCUT2D eigenvalue weighted by Crippen LogP contribution is 2.36. The molecule has 0 nitrogen and oxygen atoms in total. The summed E-state index contributed by atoms with van der Waals surface area (Å²) in [7, 11) is 0. The van der Waals surface area contributed by atoms with E-state index < -0.39 is 0 Å². The van der Waals surface area contributed by atoms with Gasteiger partial charge in [0.15, 0.2) is 0 Å². The van der Waals surface area contributed by atoms with Crippen molar-refractivity contribution in [2.24, 2.45) is 0 Å². The van der Waals surface area contributed by atoms with Gasteiger partial charge in [0.2, 0.25) is 0 Å². The topological polar surface area (TPSA) is 0 Å². The van der Waals surface area contributed by atoms with E-state index in [9.17, 15) is 0 Å². The number of fused-ring (bicyclic) bond motifs is 1. The molecule has 0 bridgehead atoms. The number of benzene rings is 3. The van der Waals surface area contributed by atoms with Crippen molar-refractivity contribution in [3.05, 3.63) is 72.3 Å². The normalized spacial score (nSPS) is 15.6. The van der Waals surface area contributed by atoms with Gasteiger partial charge in [-0.05, 0) is 46.2 Å². The van der Waals surface area contributed by atoms with Crippen LogP contribution < -0.4 is 0 Å². The molecule has 0 N–H and O–H groups in total. The lowest BCUT2D eigenvalue weighted by Gasteiger charge is -2.12. The van der Waals surface area contributed by atoms with Crippen molar-refractivity contribution in [1.29, 1.82) is 0 Å². The maximum atomic E-state index is 2.41. The van der Waals surface area contributed by atoms with Crippen LogP contribution in [0, 0.1) is 0 Å². The molecule has 1 fully saturated rings. The fourth-order valence-corrected chi connectivity index (χ4v) is 3.68. The van der Waals surface area contributed by atoms with Gasteiger partial charge in [-0.25, -0.2) is 0 Å². The number of hydrogen-bond donors (Lipinski definition) is 0. The maximum Gasteiger partial charge on any atom is -0.0105 e. The molecule has 4 rings (SSSR count). The van der Waals surface area contributed by atoms with Crippen molar-refractivity contribution >= 4 is 10.8 Å². The molecule has 3 aromatic carbocycles. The number of rotatable bonds is 2. The standard InChI is InChI=1S/C21H20/c1-2-9-17(10-3-1)20-12-6-11-19-15-18(13-14-21(19)20)16-7-4-5-8-16/h1-3,6,9-16H,4-5,7-8H2. The highest BCUT2D eigenvalue weighted by Gasteiger charge is 2.17. The maximum absolute atomic E-state index is 2.41. The molecule has 1 aliphatic carbocycles. The van der Waals surface area contributed by atoms with E-state index >= 15 is 0 Å². The summed E-state index contributed by atoms with van der Waals surface area (Å²) >= 11 is 0. The largest absolute Gasteiger partial charge is 0.0622 e. The molecule has 0 aliphatic heterocycles. The van der Waals surface area contributed by atoms with Crippen molar-refractivity contribution in [2.75, 3.05) is 0 Å². The Hall–Kier alpha value is -2.08. The summed E-state index contributed by atoms with van der Waals surface area (Å²) in [4.78, 5) is 0. The summed E-state index contributed by atoms with van der Waals surface area (Å²) in [6, 6.07) is 24.4. The molecule has 0 heteroatoms. The third kappa shape index (κ3) is 2.35. The second-order valence-electron chi connectivity index (χ2n) is 6.13. The van der Waals surface area contributed by atoms with Crippen molar-refractivity contribution in [3.8, 4) is 11.1 Å². The second kappa shape index (κ2) is 5.37. The molecule has 3 aromatic rings. The van der Waals surface area contributed by atoms with E-state index in [0.29, 0.717) is 0 Å². The highest BCUT2D eigenvalue weighted by atomic mass is 14.2. The summed E-state index contributed by atoms with van der Waals surface area (Å²) in [5.41, 5.74) is 4.17. The Morgan fingerprint density at radius 2 is 1.52 bits per heavy atom. The molecule has 0 heterocycles.